The van der Waals surface area contributed by atoms with Gasteiger partial charge in [0.25, 0.3) is 5.91 Å². The Hall–Kier alpha value is -1.22. The molecule has 0 unspecified atom stereocenters. The van der Waals surface area contributed by atoms with Gasteiger partial charge < -0.3 is 10.6 Å². The molecule has 1 aromatic carbocycles. The number of nitrogens with zero attached hydrogens (tertiary/aromatic N) is 1. The summed E-state index contributed by atoms with van der Waals surface area (Å²) in [6, 6.07) is 7.51. The number of hydrogen-bond acceptors (Lipinski definition) is 2. The Labute approximate surface area is 128 Å². The maximum Gasteiger partial charge on any atom is 0.254 e. The quantitative estimate of drug-likeness (QED) is 0.808. The molecule has 4 heteroatoms. The number of nitrogens with two attached hydrogens (primary N) is 1. The first-order chi connectivity index (χ1) is 8.99. The highest BCUT2D eigenvalue weighted by Crippen LogP contribution is 2.16. The van der Waals surface area contributed by atoms with Crippen molar-refractivity contribution < 1.29 is 4.79 Å². The molecule has 20 heavy (non-hydrogen) atoms. The molecule has 114 valence electrons. The van der Waals surface area contributed by atoms with Crippen molar-refractivity contribution in [2.75, 3.05) is 12.3 Å². The van der Waals surface area contributed by atoms with E-state index in [-0.39, 0.29) is 18.3 Å². The van der Waals surface area contributed by atoms with Gasteiger partial charge in [-0.3, -0.25) is 4.79 Å². The zero-order chi connectivity index (χ0) is 14.4. The van der Waals surface area contributed by atoms with Gasteiger partial charge in [-0.15, -0.1) is 12.4 Å². The highest BCUT2D eigenvalue weighted by Gasteiger charge is 2.22. The van der Waals surface area contributed by atoms with Crippen LogP contribution in [-0.4, -0.2) is 23.4 Å². The number of carbonyl (C=O) groups is 1. The summed E-state index contributed by atoms with van der Waals surface area (Å²) in [5.41, 5.74) is 7.08. The van der Waals surface area contributed by atoms with Gasteiger partial charge in [0.05, 0.1) is 0 Å². The second-order valence-corrected chi connectivity index (χ2v) is 5.44. The van der Waals surface area contributed by atoms with Gasteiger partial charge >= 0.3 is 0 Å². The summed E-state index contributed by atoms with van der Waals surface area (Å²) < 4.78 is 0. The van der Waals surface area contributed by atoms with Crippen LogP contribution in [0.3, 0.4) is 0 Å². The fraction of sp³-hybridized carbons (Fsp3) is 0.562. The first-order valence-corrected chi connectivity index (χ1v) is 7.16. The summed E-state index contributed by atoms with van der Waals surface area (Å²) in [5.74, 6) is 0.584. The molecule has 1 amide bonds. The summed E-state index contributed by atoms with van der Waals surface area (Å²) in [7, 11) is 0. The van der Waals surface area contributed by atoms with Crippen molar-refractivity contribution >= 4 is 24.0 Å². The van der Waals surface area contributed by atoms with Gasteiger partial charge in [0.15, 0.2) is 0 Å². The summed E-state index contributed by atoms with van der Waals surface area (Å²) >= 11 is 0. The minimum Gasteiger partial charge on any atom is -0.399 e. The molecule has 0 bridgehead atoms. The van der Waals surface area contributed by atoms with Crippen LogP contribution in [0, 0.1) is 5.92 Å². The van der Waals surface area contributed by atoms with Crippen molar-refractivity contribution in [3.63, 3.8) is 0 Å². The van der Waals surface area contributed by atoms with Crippen LogP contribution in [0.4, 0.5) is 5.69 Å². The fourth-order valence-electron chi connectivity index (χ4n) is 2.31. The maximum absolute atomic E-state index is 12.6. The number of rotatable bonds is 6. The summed E-state index contributed by atoms with van der Waals surface area (Å²) in [4.78, 5) is 14.6. The Kier molecular flexibility index (Phi) is 8.31. The van der Waals surface area contributed by atoms with Crippen molar-refractivity contribution in [3.05, 3.63) is 29.8 Å². The van der Waals surface area contributed by atoms with E-state index in [0.29, 0.717) is 17.6 Å². The Morgan fingerprint density at radius 1 is 1.15 bits per heavy atom. The van der Waals surface area contributed by atoms with E-state index in [1.807, 2.05) is 17.0 Å². The molecule has 0 aliphatic heterocycles. The molecule has 1 rings (SSSR count). The molecule has 3 nitrogen and oxygen atoms in total. The maximum atomic E-state index is 12.6. The molecule has 2 N–H and O–H groups in total. The van der Waals surface area contributed by atoms with E-state index in [1.54, 1.807) is 12.1 Å². The number of carbonyl (C=O) groups excluding carboxylic acids is 1. The van der Waals surface area contributed by atoms with Crippen LogP contribution in [0.25, 0.3) is 0 Å². The molecule has 1 aromatic rings. The lowest BCUT2D eigenvalue weighted by Gasteiger charge is -2.32. The number of anilines is 1. The molecule has 0 heterocycles. The normalized spacial score (nSPS) is 10.5. The predicted molar refractivity (Wildman–Crippen MR) is 88.3 cm³/mol. The predicted octanol–water partition coefficient (Wildman–Crippen LogP) is 3.98. The largest absolute Gasteiger partial charge is 0.399 e. The van der Waals surface area contributed by atoms with Crippen LogP contribution >= 0.6 is 12.4 Å². The van der Waals surface area contributed by atoms with E-state index in [4.69, 9.17) is 5.73 Å². The molecule has 0 fully saturated rings. The van der Waals surface area contributed by atoms with Crippen molar-refractivity contribution in [3.8, 4) is 0 Å². The van der Waals surface area contributed by atoms with Gasteiger partial charge in [-0.05, 0) is 43.0 Å². The zero-order valence-electron chi connectivity index (χ0n) is 12.9. The number of hydrogen-bond donors (Lipinski definition) is 1. The third kappa shape index (κ3) is 5.04. The van der Waals surface area contributed by atoms with Crippen molar-refractivity contribution in [1.29, 1.82) is 0 Å². The molecule has 0 radical (unpaired) electrons. The van der Waals surface area contributed by atoms with Gasteiger partial charge in [-0.1, -0.05) is 27.7 Å². The fourth-order valence-corrected chi connectivity index (χ4v) is 2.31. The third-order valence-corrected chi connectivity index (χ3v) is 3.36. The topological polar surface area (TPSA) is 46.3 Å². The highest BCUT2D eigenvalue weighted by atomic mass is 35.5. The Morgan fingerprint density at radius 2 is 1.65 bits per heavy atom. The molecular weight excluding hydrogens is 272 g/mol. The molecule has 0 atom stereocenters. The number of amides is 1. The zero-order valence-corrected chi connectivity index (χ0v) is 13.7. The van der Waals surface area contributed by atoms with Crippen LogP contribution in [0.5, 0.6) is 0 Å². The van der Waals surface area contributed by atoms with Gasteiger partial charge in [0, 0.05) is 23.8 Å². The summed E-state index contributed by atoms with van der Waals surface area (Å²) in [6.07, 6.45) is 1.98. The van der Waals surface area contributed by atoms with Gasteiger partial charge in [0.2, 0.25) is 0 Å². The van der Waals surface area contributed by atoms with E-state index >= 15 is 0 Å². The molecule has 0 aliphatic rings. The first-order valence-electron chi connectivity index (χ1n) is 7.16. The van der Waals surface area contributed by atoms with E-state index < -0.39 is 0 Å². The average molecular weight is 299 g/mol. The molecular formula is C16H27ClN2O. The minimum atomic E-state index is 0. The van der Waals surface area contributed by atoms with Crippen LogP contribution in [0.1, 0.15) is 50.9 Å². The Bertz CT molecular complexity index is 399. The first kappa shape index (κ1) is 18.8. The second kappa shape index (κ2) is 8.85. The van der Waals surface area contributed by atoms with Crippen LogP contribution < -0.4 is 5.73 Å². The van der Waals surface area contributed by atoms with Crippen LogP contribution in [0.2, 0.25) is 0 Å². The van der Waals surface area contributed by atoms with E-state index in [0.717, 1.165) is 24.9 Å². The minimum absolute atomic E-state index is 0. The standard InChI is InChI=1S/C16H26N2O.ClH/c1-5-15(6-2)18(11-12(3)4)16(19)13-7-9-14(17)10-8-13;/h7-10,12,15H,5-6,11,17H2,1-4H3;1H. The van der Waals surface area contributed by atoms with Crippen molar-refractivity contribution in [2.45, 2.75) is 46.6 Å². The van der Waals surface area contributed by atoms with Crippen LogP contribution in [-0.2, 0) is 0 Å². The van der Waals surface area contributed by atoms with Crippen molar-refractivity contribution in [2.24, 2.45) is 5.92 Å². The Morgan fingerprint density at radius 3 is 2.05 bits per heavy atom. The Balaban J connectivity index is 0.00000361. The van der Waals surface area contributed by atoms with Crippen LogP contribution in [0.15, 0.2) is 24.3 Å². The average Bonchev–Trinajstić information content (AvgIpc) is 2.38. The monoisotopic (exact) mass is 298 g/mol. The van der Waals surface area contributed by atoms with E-state index in [2.05, 4.69) is 27.7 Å². The van der Waals surface area contributed by atoms with Crippen molar-refractivity contribution in [1.82, 2.24) is 4.90 Å². The SMILES string of the molecule is CCC(CC)N(CC(C)C)C(=O)c1ccc(N)cc1.Cl. The second-order valence-electron chi connectivity index (χ2n) is 5.44. The third-order valence-electron chi connectivity index (χ3n) is 3.36. The lowest BCUT2D eigenvalue weighted by Crippen LogP contribution is -2.42. The lowest BCUT2D eigenvalue weighted by molar-refractivity contribution is 0.0640. The molecule has 0 aromatic heterocycles. The van der Waals surface area contributed by atoms with Gasteiger partial charge in [-0.2, -0.15) is 0 Å². The summed E-state index contributed by atoms with van der Waals surface area (Å²) in [6.45, 7) is 9.36. The number of halogens is 1. The number of benzene rings is 1. The van der Waals surface area contributed by atoms with Gasteiger partial charge in [0.1, 0.15) is 0 Å². The number of nitrogen functional groups attached to an aromatic ring is 1. The van der Waals surface area contributed by atoms with E-state index in [1.165, 1.54) is 0 Å². The highest BCUT2D eigenvalue weighted by molar-refractivity contribution is 5.94. The molecule has 0 saturated carbocycles. The molecule has 0 saturated heterocycles. The van der Waals surface area contributed by atoms with Gasteiger partial charge in [-0.25, -0.2) is 0 Å². The molecule has 0 spiro atoms. The van der Waals surface area contributed by atoms with E-state index in [9.17, 15) is 4.79 Å². The molecule has 0 aliphatic carbocycles. The lowest BCUT2D eigenvalue weighted by atomic mass is 10.1. The summed E-state index contributed by atoms with van der Waals surface area (Å²) in [5, 5.41) is 0. The smallest absolute Gasteiger partial charge is 0.254 e.